The lowest BCUT2D eigenvalue weighted by atomic mass is 10.1. The zero-order valence-electron chi connectivity index (χ0n) is 13.2. The molecule has 0 aliphatic heterocycles. The quantitative estimate of drug-likeness (QED) is 0.642. The van der Waals surface area contributed by atoms with Gasteiger partial charge in [0.25, 0.3) is 5.91 Å². The normalized spacial score (nSPS) is 10.5. The third-order valence-corrected chi connectivity index (χ3v) is 4.43. The van der Waals surface area contributed by atoms with Gasteiger partial charge in [0.2, 0.25) is 5.78 Å². The highest BCUT2D eigenvalue weighted by Gasteiger charge is 2.15. The molecule has 0 saturated carbocycles. The second-order valence-corrected chi connectivity index (χ2v) is 6.67. The Bertz CT molecular complexity index is 951. The molecular formula is C18H13BrClN3O2. The molecule has 0 atom stereocenters. The number of ketones is 1. The van der Waals surface area contributed by atoms with Crippen LogP contribution in [0, 0.1) is 0 Å². The number of imidazole rings is 1. The van der Waals surface area contributed by atoms with E-state index in [1.807, 2.05) is 0 Å². The van der Waals surface area contributed by atoms with Gasteiger partial charge in [0, 0.05) is 35.2 Å². The van der Waals surface area contributed by atoms with E-state index in [4.69, 9.17) is 11.6 Å². The van der Waals surface area contributed by atoms with Crippen molar-refractivity contribution >= 4 is 44.9 Å². The van der Waals surface area contributed by atoms with Gasteiger partial charge in [-0.25, -0.2) is 4.98 Å². The lowest BCUT2D eigenvalue weighted by Crippen LogP contribution is -2.13. The molecule has 0 spiro atoms. The molecule has 5 nitrogen and oxygen atoms in total. The number of hydrogen-bond donors (Lipinski definition) is 1. The maximum atomic E-state index is 12.4. The van der Waals surface area contributed by atoms with E-state index < -0.39 is 0 Å². The summed E-state index contributed by atoms with van der Waals surface area (Å²) in [4.78, 5) is 28.8. The number of aryl methyl sites for hydroxylation is 1. The minimum absolute atomic E-state index is 0.180. The van der Waals surface area contributed by atoms with Crippen LogP contribution >= 0.6 is 27.5 Å². The fraction of sp³-hybridized carbons (Fsp3) is 0.0556. The largest absolute Gasteiger partial charge is 0.331 e. The molecule has 1 N–H and O–H groups in total. The Morgan fingerprint density at radius 2 is 1.88 bits per heavy atom. The average Bonchev–Trinajstić information content (AvgIpc) is 3.03. The van der Waals surface area contributed by atoms with Crippen LogP contribution in [0.2, 0.25) is 5.02 Å². The number of benzene rings is 2. The fourth-order valence-electron chi connectivity index (χ4n) is 2.29. The molecule has 0 aliphatic carbocycles. The highest BCUT2D eigenvalue weighted by Crippen LogP contribution is 2.22. The Balaban J connectivity index is 1.77. The Labute approximate surface area is 157 Å². The maximum absolute atomic E-state index is 12.4. The molecule has 25 heavy (non-hydrogen) atoms. The van der Waals surface area contributed by atoms with Gasteiger partial charge >= 0.3 is 0 Å². The lowest BCUT2D eigenvalue weighted by molar-refractivity contribution is 0.102. The first kappa shape index (κ1) is 17.4. The average molecular weight is 419 g/mol. The van der Waals surface area contributed by atoms with Gasteiger partial charge in [-0.1, -0.05) is 27.5 Å². The first-order valence-corrected chi connectivity index (χ1v) is 8.51. The van der Waals surface area contributed by atoms with Gasteiger partial charge in [0.05, 0.1) is 10.6 Å². The third kappa shape index (κ3) is 3.81. The number of hydrogen-bond acceptors (Lipinski definition) is 3. The summed E-state index contributed by atoms with van der Waals surface area (Å²) in [6.07, 6.45) is 3.28. The van der Waals surface area contributed by atoms with Gasteiger partial charge in [0.1, 0.15) is 0 Å². The summed E-state index contributed by atoms with van der Waals surface area (Å²) in [6, 6.07) is 11.7. The van der Waals surface area contributed by atoms with Crippen molar-refractivity contribution in [3.8, 4) is 0 Å². The van der Waals surface area contributed by atoms with Crippen LogP contribution in [-0.4, -0.2) is 21.2 Å². The van der Waals surface area contributed by atoms with Crippen LogP contribution in [0.1, 0.15) is 26.5 Å². The number of nitrogens with one attached hydrogen (secondary N) is 1. The monoisotopic (exact) mass is 417 g/mol. The fourth-order valence-corrected chi connectivity index (χ4v) is 2.85. The Kier molecular flexibility index (Phi) is 5.01. The molecule has 1 amide bonds. The summed E-state index contributed by atoms with van der Waals surface area (Å²) in [5, 5.41) is 3.13. The van der Waals surface area contributed by atoms with Gasteiger partial charge in [0.15, 0.2) is 5.82 Å². The van der Waals surface area contributed by atoms with Crippen molar-refractivity contribution in [2.45, 2.75) is 0 Å². The van der Waals surface area contributed by atoms with Crippen LogP contribution in [-0.2, 0) is 7.05 Å². The van der Waals surface area contributed by atoms with E-state index in [1.165, 1.54) is 0 Å². The second-order valence-electron chi connectivity index (χ2n) is 5.35. The van der Waals surface area contributed by atoms with E-state index in [9.17, 15) is 9.59 Å². The number of carbonyl (C=O) groups excluding carboxylic acids is 2. The zero-order valence-corrected chi connectivity index (χ0v) is 15.5. The first-order chi connectivity index (χ1) is 12.0. The van der Waals surface area contributed by atoms with Gasteiger partial charge in [-0.3, -0.25) is 9.59 Å². The van der Waals surface area contributed by atoms with Crippen LogP contribution in [0.5, 0.6) is 0 Å². The number of anilines is 1. The Hall–Kier alpha value is -2.44. The van der Waals surface area contributed by atoms with Crippen molar-refractivity contribution in [1.29, 1.82) is 0 Å². The Morgan fingerprint density at radius 1 is 1.16 bits per heavy atom. The van der Waals surface area contributed by atoms with Gasteiger partial charge in [-0.05, 0) is 42.5 Å². The van der Waals surface area contributed by atoms with E-state index in [2.05, 4.69) is 26.2 Å². The van der Waals surface area contributed by atoms with E-state index in [0.29, 0.717) is 27.7 Å². The Morgan fingerprint density at radius 3 is 2.52 bits per heavy atom. The molecule has 0 fully saturated rings. The molecule has 7 heteroatoms. The number of halogens is 2. The SMILES string of the molecule is Cn1ccnc1C(=O)c1ccc(NC(=O)c2cc(Br)ccc2Cl)cc1. The standard InChI is InChI=1S/C18H13BrClN3O2/c1-23-9-8-21-17(23)16(24)11-2-5-13(6-3-11)22-18(25)14-10-12(19)4-7-15(14)20/h2-10H,1H3,(H,22,25). The number of carbonyl (C=O) groups is 2. The molecule has 1 heterocycles. The minimum atomic E-state index is -0.325. The van der Waals surface area contributed by atoms with Crippen LogP contribution in [0.15, 0.2) is 59.3 Å². The third-order valence-electron chi connectivity index (χ3n) is 3.60. The molecule has 1 aromatic heterocycles. The smallest absolute Gasteiger partial charge is 0.257 e. The van der Waals surface area contributed by atoms with Crippen molar-refractivity contribution < 1.29 is 9.59 Å². The van der Waals surface area contributed by atoms with Crippen LogP contribution in [0.4, 0.5) is 5.69 Å². The molecule has 0 radical (unpaired) electrons. The second kappa shape index (κ2) is 7.21. The molecule has 3 rings (SSSR count). The van der Waals surface area contributed by atoms with Gasteiger partial charge in [-0.2, -0.15) is 0 Å². The van der Waals surface area contributed by atoms with Crippen molar-refractivity contribution in [3.05, 3.63) is 81.3 Å². The number of nitrogens with zero attached hydrogens (tertiary/aromatic N) is 2. The molecule has 0 bridgehead atoms. The summed E-state index contributed by atoms with van der Waals surface area (Å²) in [6.45, 7) is 0. The highest BCUT2D eigenvalue weighted by molar-refractivity contribution is 9.10. The summed E-state index contributed by atoms with van der Waals surface area (Å²) in [5.41, 5.74) is 1.43. The summed E-state index contributed by atoms with van der Waals surface area (Å²) >= 11 is 9.38. The topological polar surface area (TPSA) is 64.0 Å². The summed E-state index contributed by atoms with van der Waals surface area (Å²) in [7, 11) is 1.76. The number of amides is 1. The van der Waals surface area contributed by atoms with Crippen molar-refractivity contribution in [1.82, 2.24) is 9.55 Å². The first-order valence-electron chi connectivity index (χ1n) is 7.34. The van der Waals surface area contributed by atoms with Crippen LogP contribution in [0.3, 0.4) is 0 Å². The predicted molar refractivity (Wildman–Crippen MR) is 100 cm³/mol. The molecule has 0 unspecified atom stereocenters. The molecule has 0 saturated heterocycles. The molecule has 2 aromatic carbocycles. The number of rotatable bonds is 4. The molecule has 126 valence electrons. The van der Waals surface area contributed by atoms with Gasteiger partial charge in [-0.15, -0.1) is 0 Å². The molecule has 0 aliphatic rings. The van der Waals surface area contributed by atoms with Gasteiger partial charge < -0.3 is 9.88 Å². The van der Waals surface area contributed by atoms with Crippen molar-refractivity contribution in [3.63, 3.8) is 0 Å². The van der Waals surface area contributed by atoms with Crippen LogP contribution in [0.25, 0.3) is 0 Å². The predicted octanol–water partition coefficient (Wildman–Crippen LogP) is 4.32. The van der Waals surface area contributed by atoms with Crippen molar-refractivity contribution in [2.24, 2.45) is 7.05 Å². The maximum Gasteiger partial charge on any atom is 0.257 e. The lowest BCUT2D eigenvalue weighted by Gasteiger charge is -2.08. The van der Waals surface area contributed by atoms with Crippen molar-refractivity contribution in [2.75, 3.05) is 5.32 Å². The van der Waals surface area contributed by atoms with E-state index >= 15 is 0 Å². The summed E-state index contributed by atoms with van der Waals surface area (Å²) < 4.78 is 2.42. The molecule has 3 aromatic rings. The highest BCUT2D eigenvalue weighted by atomic mass is 79.9. The van der Waals surface area contributed by atoms with E-state index in [0.717, 1.165) is 4.47 Å². The minimum Gasteiger partial charge on any atom is -0.331 e. The van der Waals surface area contributed by atoms with E-state index in [1.54, 1.807) is 66.5 Å². The summed E-state index contributed by atoms with van der Waals surface area (Å²) in [5.74, 6) is -0.146. The zero-order chi connectivity index (χ0) is 18.0. The molecular weight excluding hydrogens is 406 g/mol. The number of aromatic nitrogens is 2. The van der Waals surface area contributed by atoms with Crippen LogP contribution < -0.4 is 5.32 Å². The van der Waals surface area contributed by atoms with E-state index in [-0.39, 0.29) is 11.7 Å².